The molecule has 3 nitrogen and oxygen atoms in total. The maximum atomic E-state index is 8.57. The molecule has 1 rings (SSSR count). The van der Waals surface area contributed by atoms with Crippen LogP contribution in [-0.2, 0) is 4.84 Å². The van der Waals surface area contributed by atoms with E-state index in [2.05, 4.69) is 10.3 Å². The zero-order chi connectivity index (χ0) is 5.11. The Labute approximate surface area is 41.6 Å². The highest BCUT2D eigenvalue weighted by Gasteiger charge is 2.01. The van der Waals surface area contributed by atoms with Crippen LogP contribution in [0.4, 0.5) is 0 Å². The highest BCUT2D eigenvalue weighted by atomic mass is 16.7. The van der Waals surface area contributed by atoms with Gasteiger partial charge in [-0.15, -0.1) is 0 Å². The Hall–Kier alpha value is -0.540. The standard InChI is InChI=1S/C4H7NO2/c6-4-2-1-3-5-7-4/h1,3-6H,2H2. The van der Waals surface area contributed by atoms with Crippen molar-refractivity contribution in [2.75, 3.05) is 0 Å². The minimum Gasteiger partial charge on any atom is -0.366 e. The molecule has 0 aromatic heterocycles. The van der Waals surface area contributed by atoms with Crippen LogP contribution in [0.15, 0.2) is 12.3 Å². The van der Waals surface area contributed by atoms with Crippen molar-refractivity contribution in [2.24, 2.45) is 0 Å². The first-order valence-electron chi connectivity index (χ1n) is 2.14. The normalized spacial score (nSPS) is 29.6. The number of hydroxylamine groups is 1. The Morgan fingerprint density at radius 1 is 1.86 bits per heavy atom. The van der Waals surface area contributed by atoms with Gasteiger partial charge in [-0.25, -0.2) is 4.84 Å². The Morgan fingerprint density at radius 3 is 3.00 bits per heavy atom. The Morgan fingerprint density at radius 2 is 2.71 bits per heavy atom. The van der Waals surface area contributed by atoms with Gasteiger partial charge < -0.3 is 5.11 Å². The van der Waals surface area contributed by atoms with Gasteiger partial charge in [0, 0.05) is 12.6 Å². The third-order valence-corrected chi connectivity index (χ3v) is 0.728. The van der Waals surface area contributed by atoms with Crippen molar-refractivity contribution in [3.8, 4) is 0 Å². The van der Waals surface area contributed by atoms with Gasteiger partial charge in [0.05, 0.1) is 0 Å². The Balaban J connectivity index is 2.32. The lowest BCUT2D eigenvalue weighted by Crippen LogP contribution is -2.22. The fourth-order valence-electron chi connectivity index (χ4n) is 0.399. The van der Waals surface area contributed by atoms with Gasteiger partial charge in [0.1, 0.15) is 0 Å². The highest BCUT2D eigenvalue weighted by Crippen LogP contribution is 1.96. The van der Waals surface area contributed by atoms with Crippen LogP contribution in [0, 0.1) is 0 Å². The third kappa shape index (κ3) is 1.17. The van der Waals surface area contributed by atoms with Gasteiger partial charge in [0.15, 0.2) is 6.29 Å². The summed E-state index contributed by atoms with van der Waals surface area (Å²) < 4.78 is 0. The van der Waals surface area contributed by atoms with Crippen LogP contribution in [-0.4, -0.2) is 11.4 Å². The van der Waals surface area contributed by atoms with Crippen molar-refractivity contribution in [3.05, 3.63) is 12.3 Å². The van der Waals surface area contributed by atoms with Crippen molar-refractivity contribution < 1.29 is 9.94 Å². The zero-order valence-electron chi connectivity index (χ0n) is 3.79. The summed E-state index contributed by atoms with van der Waals surface area (Å²) in [4.78, 5) is 4.50. The van der Waals surface area contributed by atoms with E-state index in [0.717, 1.165) is 0 Å². The Kier molecular flexibility index (Phi) is 1.29. The van der Waals surface area contributed by atoms with Crippen molar-refractivity contribution in [1.29, 1.82) is 0 Å². The summed E-state index contributed by atoms with van der Waals surface area (Å²) in [6.07, 6.45) is 3.36. The van der Waals surface area contributed by atoms with Crippen molar-refractivity contribution in [3.63, 3.8) is 0 Å². The Bertz CT molecular complexity index is 81.8. The SMILES string of the molecule is OC1CC=CNO1. The van der Waals surface area contributed by atoms with Gasteiger partial charge in [0.25, 0.3) is 0 Å². The first-order chi connectivity index (χ1) is 3.39. The van der Waals surface area contributed by atoms with Gasteiger partial charge >= 0.3 is 0 Å². The van der Waals surface area contributed by atoms with E-state index in [1.165, 1.54) is 0 Å². The molecule has 0 aliphatic carbocycles. The summed E-state index contributed by atoms with van der Waals surface area (Å²) in [6.45, 7) is 0. The molecular weight excluding hydrogens is 94.0 g/mol. The molecule has 0 saturated carbocycles. The van der Waals surface area contributed by atoms with E-state index in [9.17, 15) is 0 Å². The molecule has 2 N–H and O–H groups in total. The quantitative estimate of drug-likeness (QED) is 0.442. The topological polar surface area (TPSA) is 41.5 Å². The molecule has 0 saturated heterocycles. The van der Waals surface area contributed by atoms with E-state index < -0.39 is 6.29 Å². The van der Waals surface area contributed by atoms with Gasteiger partial charge in [-0.05, 0) is 0 Å². The lowest BCUT2D eigenvalue weighted by atomic mass is 10.4. The molecular formula is C4H7NO2. The minimum absolute atomic E-state index is 0.576. The molecule has 1 aliphatic heterocycles. The highest BCUT2D eigenvalue weighted by molar-refractivity contribution is 4.80. The lowest BCUT2D eigenvalue weighted by Gasteiger charge is -2.11. The smallest absolute Gasteiger partial charge is 0.184 e. The van der Waals surface area contributed by atoms with E-state index in [0.29, 0.717) is 6.42 Å². The van der Waals surface area contributed by atoms with Gasteiger partial charge in [-0.1, -0.05) is 6.08 Å². The molecule has 0 spiro atoms. The van der Waals surface area contributed by atoms with Crippen LogP contribution >= 0.6 is 0 Å². The average Bonchev–Trinajstić information content (AvgIpc) is 1.69. The molecule has 0 fully saturated rings. The van der Waals surface area contributed by atoms with E-state index >= 15 is 0 Å². The molecule has 3 heteroatoms. The number of hydrogen-bond acceptors (Lipinski definition) is 3. The summed E-state index contributed by atoms with van der Waals surface area (Å²) in [6, 6.07) is 0. The maximum Gasteiger partial charge on any atom is 0.184 e. The molecule has 0 amide bonds. The van der Waals surface area contributed by atoms with Crippen LogP contribution in [0.5, 0.6) is 0 Å². The van der Waals surface area contributed by atoms with Crippen LogP contribution in [0.2, 0.25) is 0 Å². The largest absolute Gasteiger partial charge is 0.366 e. The van der Waals surface area contributed by atoms with Crippen molar-refractivity contribution in [2.45, 2.75) is 12.7 Å². The van der Waals surface area contributed by atoms with Gasteiger partial charge in [0.2, 0.25) is 0 Å². The fraction of sp³-hybridized carbons (Fsp3) is 0.500. The van der Waals surface area contributed by atoms with Crippen LogP contribution in [0.3, 0.4) is 0 Å². The molecule has 1 atom stereocenters. The lowest BCUT2D eigenvalue weighted by molar-refractivity contribution is -0.137. The maximum absolute atomic E-state index is 8.57. The van der Waals surface area contributed by atoms with Crippen molar-refractivity contribution in [1.82, 2.24) is 5.48 Å². The predicted octanol–water partition coefficient (Wildman–Crippen LogP) is -0.257. The second-order valence-corrected chi connectivity index (χ2v) is 1.33. The van der Waals surface area contributed by atoms with Gasteiger partial charge in [-0.2, -0.15) is 0 Å². The van der Waals surface area contributed by atoms with E-state index in [1.807, 2.05) is 0 Å². The summed E-state index contributed by atoms with van der Waals surface area (Å²) >= 11 is 0. The number of rotatable bonds is 0. The molecule has 1 heterocycles. The zero-order valence-corrected chi connectivity index (χ0v) is 3.79. The average molecular weight is 101 g/mol. The third-order valence-electron chi connectivity index (χ3n) is 0.728. The van der Waals surface area contributed by atoms with Crippen LogP contribution in [0.1, 0.15) is 6.42 Å². The minimum atomic E-state index is -0.662. The molecule has 1 aliphatic rings. The van der Waals surface area contributed by atoms with E-state index in [1.54, 1.807) is 12.3 Å². The summed E-state index contributed by atoms with van der Waals surface area (Å²) in [7, 11) is 0. The number of nitrogens with one attached hydrogen (secondary N) is 1. The molecule has 1 unspecified atom stereocenters. The molecule has 7 heavy (non-hydrogen) atoms. The molecule has 0 aromatic carbocycles. The fourth-order valence-corrected chi connectivity index (χ4v) is 0.399. The van der Waals surface area contributed by atoms with Crippen LogP contribution < -0.4 is 5.48 Å². The summed E-state index contributed by atoms with van der Waals surface area (Å²) in [5.41, 5.74) is 2.40. The number of aliphatic hydroxyl groups is 1. The number of aliphatic hydroxyl groups excluding tert-OH is 1. The van der Waals surface area contributed by atoms with Crippen LogP contribution in [0.25, 0.3) is 0 Å². The van der Waals surface area contributed by atoms with Gasteiger partial charge in [-0.3, -0.25) is 5.48 Å². The first kappa shape index (κ1) is 4.61. The summed E-state index contributed by atoms with van der Waals surface area (Å²) in [5, 5.41) is 8.57. The van der Waals surface area contributed by atoms with Crippen molar-refractivity contribution >= 4 is 0 Å². The second kappa shape index (κ2) is 1.95. The molecule has 40 valence electrons. The summed E-state index contributed by atoms with van der Waals surface area (Å²) in [5.74, 6) is 0. The second-order valence-electron chi connectivity index (χ2n) is 1.33. The van der Waals surface area contributed by atoms with E-state index in [4.69, 9.17) is 5.11 Å². The monoisotopic (exact) mass is 101 g/mol. The van der Waals surface area contributed by atoms with E-state index in [-0.39, 0.29) is 0 Å². The molecule has 0 radical (unpaired) electrons. The molecule has 0 bridgehead atoms. The number of hydrogen-bond donors (Lipinski definition) is 2. The molecule has 0 aromatic rings. The first-order valence-corrected chi connectivity index (χ1v) is 2.14. The predicted molar refractivity (Wildman–Crippen MR) is 24.0 cm³/mol.